The minimum atomic E-state index is -0.548. The summed E-state index contributed by atoms with van der Waals surface area (Å²) in [5.74, 6) is 1.81. The van der Waals surface area contributed by atoms with Gasteiger partial charge in [0.15, 0.2) is 6.10 Å². The molecule has 0 saturated carbocycles. The van der Waals surface area contributed by atoms with Crippen LogP contribution in [-0.2, 0) is 4.74 Å². The number of nitriles is 1. The molecule has 0 aliphatic heterocycles. The van der Waals surface area contributed by atoms with Gasteiger partial charge in [0, 0.05) is 0 Å². The zero-order chi connectivity index (χ0) is 11.3. The topological polar surface area (TPSA) is 50.1 Å². The summed E-state index contributed by atoms with van der Waals surface area (Å²) in [5, 5.41) is 8.56. The van der Waals surface area contributed by atoms with Crippen LogP contribution in [0.15, 0.2) is 24.3 Å². The Bertz CT molecular complexity index is 434. The Balaban J connectivity index is 2.76. The van der Waals surface area contributed by atoms with E-state index in [9.17, 15) is 4.79 Å². The maximum Gasteiger partial charge on any atom is 0.339 e. The molecule has 0 aliphatic rings. The highest BCUT2D eigenvalue weighted by Gasteiger charge is 2.09. The minimum absolute atomic E-state index is 0.385. The number of nitrogens with zero attached hydrogens (tertiary/aromatic N) is 1. The number of carbonyl (C=O) groups excluding carboxylic acids is 1. The van der Waals surface area contributed by atoms with Crippen molar-refractivity contribution in [2.45, 2.75) is 13.0 Å². The third kappa shape index (κ3) is 2.86. The predicted molar refractivity (Wildman–Crippen MR) is 54.9 cm³/mol. The van der Waals surface area contributed by atoms with Gasteiger partial charge in [0.1, 0.15) is 0 Å². The Morgan fingerprint density at radius 1 is 1.47 bits per heavy atom. The third-order valence-electron chi connectivity index (χ3n) is 1.77. The summed E-state index contributed by atoms with van der Waals surface area (Å²) in [6, 6.07) is 8.13. The molecule has 3 nitrogen and oxygen atoms in total. The first-order valence-electron chi connectivity index (χ1n) is 4.34. The molecule has 0 amide bonds. The quantitative estimate of drug-likeness (QED) is 0.538. The lowest BCUT2D eigenvalue weighted by Gasteiger charge is -2.06. The molecule has 1 aromatic carbocycles. The van der Waals surface area contributed by atoms with Crippen molar-refractivity contribution in [3.63, 3.8) is 0 Å². The van der Waals surface area contributed by atoms with E-state index in [1.165, 1.54) is 12.1 Å². The van der Waals surface area contributed by atoms with Gasteiger partial charge in [-0.3, -0.25) is 0 Å². The Labute approximate surface area is 88.3 Å². The summed E-state index contributed by atoms with van der Waals surface area (Å²) < 4.78 is 4.90. The van der Waals surface area contributed by atoms with Crippen LogP contribution < -0.4 is 0 Å². The van der Waals surface area contributed by atoms with E-state index in [1.807, 2.05) is 6.07 Å². The van der Waals surface area contributed by atoms with E-state index >= 15 is 0 Å². The zero-order valence-electron chi connectivity index (χ0n) is 8.23. The first kappa shape index (κ1) is 10.8. The van der Waals surface area contributed by atoms with Gasteiger partial charge in [-0.25, -0.2) is 4.79 Å². The summed E-state index contributed by atoms with van der Waals surface area (Å²) in [7, 11) is 0. The van der Waals surface area contributed by atoms with Crippen LogP contribution in [-0.4, -0.2) is 12.1 Å². The van der Waals surface area contributed by atoms with E-state index in [0.29, 0.717) is 11.1 Å². The molecule has 1 atom stereocenters. The van der Waals surface area contributed by atoms with Gasteiger partial charge < -0.3 is 4.74 Å². The van der Waals surface area contributed by atoms with Crippen LogP contribution in [0.5, 0.6) is 0 Å². The number of rotatable bonds is 2. The molecule has 0 bridgehead atoms. The Kier molecular flexibility index (Phi) is 3.49. The molecule has 1 aromatic rings. The number of benzene rings is 1. The second-order valence-electron chi connectivity index (χ2n) is 2.90. The predicted octanol–water partition coefficient (Wildman–Crippen LogP) is 1.74. The standard InChI is InChI=1S/C12H9NO2/c1-3-9(2)15-12(14)11-6-4-10(8-13)5-7-11/h1,4-7,9H,2H3/t9-/m0/s1. The molecular weight excluding hydrogens is 190 g/mol. The van der Waals surface area contributed by atoms with Crippen molar-refractivity contribution in [1.29, 1.82) is 5.26 Å². The van der Waals surface area contributed by atoms with E-state index in [0.717, 1.165) is 0 Å². The lowest BCUT2D eigenvalue weighted by Crippen LogP contribution is -2.12. The van der Waals surface area contributed by atoms with Crippen molar-refractivity contribution in [1.82, 2.24) is 0 Å². The zero-order valence-corrected chi connectivity index (χ0v) is 8.23. The van der Waals surface area contributed by atoms with Crippen LogP contribution in [0.3, 0.4) is 0 Å². The van der Waals surface area contributed by atoms with Crippen LogP contribution in [0.4, 0.5) is 0 Å². The average molecular weight is 199 g/mol. The lowest BCUT2D eigenvalue weighted by atomic mass is 10.1. The van der Waals surface area contributed by atoms with Crippen LogP contribution in [0.1, 0.15) is 22.8 Å². The van der Waals surface area contributed by atoms with E-state index in [-0.39, 0.29) is 0 Å². The number of terminal acetylenes is 1. The molecule has 3 heteroatoms. The van der Waals surface area contributed by atoms with Crippen molar-refractivity contribution in [3.05, 3.63) is 35.4 Å². The maximum atomic E-state index is 11.4. The van der Waals surface area contributed by atoms with Crippen molar-refractivity contribution >= 4 is 5.97 Å². The fraction of sp³-hybridized carbons (Fsp3) is 0.167. The summed E-state index contributed by atoms with van der Waals surface area (Å²) in [5.41, 5.74) is 0.882. The first-order chi connectivity index (χ1) is 7.17. The average Bonchev–Trinajstić information content (AvgIpc) is 2.29. The molecule has 15 heavy (non-hydrogen) atoms. The van der Waals surface area contributed by atoms with Gasteiger partial charge in [-0.2, -0.15) is 5.26 Å². The number of hydrogen-bond acceptors (Lipinski definition) is 3. The molecule has 1 rings (SSSR count). The molecule has 0 radical (unpaired) electrons. The number of ether oxygens (including phenoxy) is 1. The van der Waals surface area contributed by atoms with Gasteiger partial charge in [-0.05, 0) is 31.2 Å². The molecule has 0 N–H and O–H groups in total. The Morgan fingerprint density at radius 3 is 2.53 bits per heavy atom. The van der Waals surface area contributed by atoms with Gasteiger partial charge in [-0.15, -0.1) is 6.42 Å². The van der Waals surface area contributed by atoms with E-state index in [2.05, 4.69) is 5.92 Å². The van der Waals surface area contributed by atoms with Crippen LogP contribution >= 0.6 is 0 Å². The molecule has 0 unspecified atom stereocenters. The summed E-state index contributed by atoms with van der Waals surface area (Å²) in [6.07, 6.45) is 4.53. The second kappa shape index (κ2) is 4.83. The molecule has 0 heterocycles. The molecule has 0 aromatic heterocycles. The fourth-order valence-corrected chi connectivity index (χ4v) is 0.943. The SMILES string of the molecule is C#C[C@H](C)OC(=O)c1ccc(C#N)cc1. The van der Waals surface area contributed by atoms with Crippen molar-refractivity contribution in [2.24, 2.45) is 0 Å². The van der Waals surface area contributed by atoms with E-state index in [1.54, 1.807) is 19.1 Å². The van der Waals surface area contributed by atoms with Gasteiger partial charge in [-0.1, -0.05) is 5.92 Å². The number of esters is 1. The third-order valence-corrected chi connectivity index (χ3v) is 1.77. The normalized spacial score (nSPS) is 10.9. The molecule has 74 valence electrons. The summed E-state index contributed by atoms with van der Waals surface area (Å²) >= 11 is 0. The second-order valence-corrected chi connectivity index (χ2v) is 2.90. The van der Waals surface area contributed by atoms with Crippen molar-refractivity contribution in [2.75, 3.05) is 0 Å². The van der Waals surface area contributed by atoms with Crippen LogP contribution in [0.2, 0.25) is 0 Å². The maximum absolute atomic E-state index is 11.4. The van der Waals surface area contributed by atoms with Crippen LogP contribution in [0, 0.1) is 23.7 Å². The van der Waals surface area contributed by atoms with Gasteiger partial charge in [0.2, 0.25) is 0 Å². The first-order valence-corrected chi connectivity index (χ1v) is 4.34. The minimum Gasteiger partial charge on any atom is -0.446 e. The van der Waals surface area contributed by atoms with Crippen LogP contribution in [0.25, 0.3) is 0 Å². The van der Waals surface area contributed by atoms with E-state index < -0.39 is 12.1 Å². The number of hydrogen-bond donors (Lipinski definition) is 0. The molecule has 0 spiro atoms. The molecule has 0 fully saturated rings. The number of carbonyl (C=O) groups is 1. The lowest BCUT2D eigenvalue weighted by molar-refractivity contribution is 0.0439. The van der Waals surface area contributed by atoms with E-state index in [4.69, 9.17) is 16.4 Å². The highest BCUT2D eigenvalue weighted by atomic mass is 16.5. The van der Waals surface area contributed by atoms with Gasteiger partial charge >= 0.3 is 5.97 Å². The monoisotopic (exact) mass is 199 g/mol. The smallest absolute Gasteiger partial charge is 0.339 e. The Hall–Kier alpha value is -2.26. The molecule has 0 saturated heterocycles. The molecule has 0 aliphatic carbocycles. The van der Waals surface area contributed by atoms with Gasteiger partial charge in [0.25, 0.3) is 0 Å². The van der Waals surface area contributed by atoms with Crippen molar-refractivity contribution < 1.29 is 9.53 Å². The summed E-state index contributed by atoms with van der Waals surface area (Å²) in [6.45, 7) is 1.61. The highest BCUT2D eigenvalue weighted by molar-refractivity contribution is 5.89. The summed E-state index contributed by atoms with van der Waals surface area (Å²) in [4.78, 5) is 11.4. The van der Waals surface area contributed by atoms with Crippen molar-refractivity contribution in [3.8, 4) is 18.4 Å². The fourth-order valence-electron chi connectivity index (χ4n) is 0.943. The van der Waals surface area contributed by atoms with Gasteiger partial charge in [0.05, 0.1) is 17.2 Å². The highest BCUT2D eigenvalue weighted by Crippen LogP contribution is 2.06. The largest absolute Gasteiger partial charge is 0.446 e. The molecular formula is C12H9NO2. The Morgan fingerprint density at radius 2 is 2.07 bits per heavy atom.